The van der Waals surface area contributed by atoms with Gasteiger partial charge in [0.25, 0.3) is 0 Å². The molecule has 0 aliphatic carbocycles. The summed E-state index contributed by atoms with van der Waals surface area (Å²) < 4.78 is 13.2. The SMILES string of the molecule is CCC(CN)CNCc1ccccc1F. The highest BCUT2D eigenvalue weighted by Gasteiger charge is 2.04. The number of nitrogens with two attached hydrogens (primary N) is 1. The first kappa shape index (κ1) is 12.1. The normalized spacial score (nSPS) is 12.7. The number of nitrogens with one attached hydrogen (secondary N) is 1. The lowest BCUT2D eigenvalue weighted by atomic mass is 10.1. The van der Waals surface area contributed by atoms with E-state index in [1.165, 1.54) is 6.07 Å². The molecule has 1 atom stereocenters. The van der Waals surface area contributed by atoms with E-state index < -0.39 is 0 Å². The van der Waals surface area contributed by atoms with Crippen molar-refractivity contribution in [1.29, 1.82) is 0 Å². The summed E-state index contributed by atoms with van der Waals surface area (Å²) in [6.07, 6.45) is 1.06. The van der Waals surface area contributed by atoms with Gasteiger partial charge in [-0.3, -0.25) is 0 Å². The van der Waals surface area contributed by atoms with Crippen LogP contribution in [-0.2, 0) is 6.54 Å². The molecule has 0 aromatic heterocycles. The fraction of sp³-hybridized carbons (Fsp3) is 0.500. The smallest absolute Gasteiger partial charge is 0.127 e. The number of hydrogen-bond acceptors (Lipinski definition) is 2. The van der Waals surface area contributed by atoms with Gasteiger partial charge in [0.1, 0.15) is 5.82 Å². The molecular weight excluding hydrogens is 191 g/mol. The van der Waals surface area contributed by atoms with Gasteiger partial charge < -0.3 is 11.1 Å². The lowest BCUT2D eigenvalue weighted by Crippen LogP contribution is -2.27. The van der Waals surface area contributed by atoms with Gasteiger partial charge in [-0.1, -0.05) is 31.5 Å². The number of benzene rings is 1. The largest absolute Gasteiger partial charge is 0.330 e. The minimum absolute atomic E-state index is 0.147. The van der Waals surface area contributed by atoms with Crippen molar-refractivity contribution in [3.8, 4) is 0 Å². The molecule has 0 fully saturated rings. The summed E-state index contributed by atoms with van der Waals surface area (Å²) in [6.45, 7) is 4.22. The number of hydrogen-bond donors (Lipinski definition) is 2. The van der Waals surface area contributed by atoms with Gasteiger partial charge in [0.05, 0.1) is 0 Å². The fourth-order valence-electron chi connectivity index (χ4n) is 1.45. The van der Waals surface area contributed by atoms with Crippen molar-refractivity contribution in [3.63, 3.8) is 0 Å². The van der Waals surface area contributed by atoms with Crippen LogP contribution >= 0.6 is 0 Å². The van der Waals surface area contributed by atoms with Gasteiger partial charge in [-0.25, -0.2) is 4.39 Å². The van der Waals surface area contributed by atoms with E-state index in [0.717, 1.165) is 13.0 Å². The van der Waals surface area contributed by atoms with Gasteiger partial charge >= 0.3 is 0 Å². The maximum atomic E-state index is 13.2. The first-order valence-corrected chi connectivity index (χ1v) is 5.42. The van der Waals surface area contributed by atoms with E-state index in [9.17, 15) is 4.39 Å². The Balaban J connectivity index is 2.34. The van der Waals surface area contributed by atoms with Crippen LogP contribution in [0.25, 0.3) is 0 Å². The highest BCUT2D eigenvalue weighted by molar-refractivity contribution is 5.16. The molecule has 0 radical (unpaired) electrons. The first-order chi connectivity index (χ1) is 7.27. The summed E-state index contributed by atoms with van der Waals surface area (Å²) in [6, 6.07) is 6.83. The summed E-state index contributed by atoms with van der Waals surface area (Å²) in [5, 5.41) is 3.22. The van der Waals surface area contributed by atoms with Crippen molar-refractivity contribution in [3.05, 3.63) is 35.6 Å². The molecule has 0 heterocycles. The van der Waals surface area contributed by atoms with Crippen molar-refractivity contribution < 1.29 is 4.39 Å². The quantitative estimate of drug-likeness (QED) is 0.752. The van der Waals surface area contributed by atoms with Crippen LogP contribution in [0.3, 0.4) is 0 Å². The third kappa shape index (κ3) is 3.98. The number of rotatable bonds is 6. The Labute approximate surface area is 90.7 Å². The molecule has 0 aliphatic rings. The lowest BCUT2D eigenvalue weighted by Gasteiger charge is -2.13. The molecule has 2 nitrogen and oxygen atoms in total. The molecule has 0 saturated heterocycles. The van der Waals surface area contributed by atoms with Crippen LogP contribution < -0.4 is 11.1 Å². The second-order valence-electron chi connectivity index (χ2n) is 3.73. The average molecular weight is 210 g/mol. The van der Waals surface area contributed by atoms with Crippen LogP contribution in [0.1, 0.15) is 18.9 Å². The average Bonchev–Trinajstić information content (AvgIpc) is 2.27. The molecule has 15 heavy (non-hydrogen) atoms. The van der Waals surface area contributed by atoms with Gasteiger partial charge in [-0.05, 0) is 25.1 Å². The Hall–Kier alpha value is -0.930. The Bertz CT molecular complexity index is 285. The summed E-state index contributed by atoms with van der Waals surface area (Å²) in [5.41, 5.74) is 6.29. The van der Waals surface area contributed by atoms with Crippen LogP contribution in [0.5, 0.6) is 0 Å². The lowest BCUT2D eigenvalue weighted by molar-refractivity contribution is 0.466. The molecule has 1 aromatic carbocycles. The first-order valence-electron chi connectivity index (χ1n) is 5.42. The minimum Gasteiger partial charge on any atom is -0.330 e. The predicted molar refractivity (Wildman–Crippen MR) is 60.9 cm³/mol. The molecule has 3 N–H and O–H groups in total. The van der Waals surface area contributed by atoms with Crippen LogP contribution in [0.4, 0.5) is 4.39 Å². The van der Waals surface area contributed by atoms with Gasteiger partial charge in [-0.2, -0.15) is 0 Å². The van der Waals surface area contributed by atoms with E-state index in [1.807, 2.05) is 6.07 Å². The fourth-order valence-corrected chi connectivity index (χ4v) is 1.45. The standard InChI is InChI=1S/C12H19FN2/c1-2-10(7-14)8-15-9-11-5-3-4-6-12(11)13/h3-6,10,15H,2,7-9,14H2,1H3. The molecule has 0 saturated carbocycles. The second kappa shape index (κ2) is 6.53. The third-order valence-corrected chi connectivity index (χ3v) is 2.62. The molecule has 0 bridgehead atoms. The van der Waals surface area contributed by atoms with Gasteiger partial charge in [-0.15, -0.1) is 0 Å². The van der Waals surface area contributed by atoms with E-state index in [2.05, 4.69) is 12.2 Å². The maximum Gasteiger partial charge on any atom is 0.127 e. The van der Waals surface area contributed by atoms with Crippen LogP contribution in [0, 0.1) is 11.7 Å². The highest BCUT2D eigenvalue weighted by atomic mass is 19.1. The monoisotopic (exact) mass is 210 g/mol. The van der Waals surface area contributed by atoms with Crippen molar-refractivity contribution in [1.82, 2.24) is 5.32 Å². The minimum atomic E-state index is -0.147. The molecule has 0 amide bonds. The van der Waals surface area contributed by atoms with Gasteiger partial charge in [0, 0.05) is 12.1 Å². The molecule has 1 rings (SSSR count). The molecule has 0 aliphatic heterocycles. The van der Waals surface area contributed by atoms with E-state index in [0.29, 0.717) is 24.6 Å². The van der Waals surface area contributed by atoms with E-state index in [4.69, 9.17) is 5.73 Å². The maximum absolute atomic E-state index is 13.2. The van der Waals surface area contributed by atoms with Crippen molar-refractivity contribution in [2.75, 3.05) is 13.1 Å². The summed E-state index contributed by atoms with van der Waals surface area (Å²) in [5.74, 6) is 0.336. The van der Waals surface area contributed by atoms with Crippen molar-refractivity contribution in [2.24, 2.45) is 11.7 Å². The van der Waals surface area contributed by atoms with E-state index in [-0.39, 0.29) is 5.82 Å². The molecule has 1 unspecified atom stereocenters. The summed E-state index contributed by atoms with van der Waals surface area (Å²) in [4.78, 5) is 0. The zero-order chi connectivity index (χ0) is 11.1. The second-order valence-corrected chi connectivity index (χ2v) is 3.73. The molecule has 3 heteroatoms. The van der Waals surface area contributed by atoms with Crippen LogP contribution in [-0.4, -0.2) is 13.1 Å². The Morgan fingerprint density at radius 2 is 2.13 bits per heavy atom. The zero-order valence-electron chi connectivity index (χ0n) is 9.17. The molecule has 1 aromatic rings. The highest BCUT2D eigenvalue weighted by Crippen LogP contribution is 2.06. The summed E-state index contributed by atoms with van der Waals surface area (Å²) in [7, 11) is 0. The van der Waals surface area contributed by atoms with Crippen molar-refractivity contribution >= 4 is 0 Å². The molecule has 84 valence electrons. The molecule has 0 spiro atoms. The van der Waals surface area contributed by atoms with Crippen LogP contribution in [0.2, 0.25) is 0 Å². The van der Waals surface area contributed by atoms with Crippen LogP contribution in [0.15, 0.2) is 24.3 Å². The zero-order valence-corrected chi connectivity index (χ0v) is 9.17. The van der Waals surface area contributed by atoms with Crippen molar-refractivity contribution in [2.45, 2.75) is 19.9 Å². The Morgan fingerprint density at radius 3 is 2.73 bits per heavy atom. The van der Waals surface area contributed by atoms with Gasteiger partial charge in [0.2, 0.25) is 0 Å². The summed E-state index contributed by atoms with van der Waals surface area (Å²) >= 11 is 0. The topological polar surface area (TPSA) is 38.0 Å². The van der Waals surface area contributed by atoms with E-state index >= 15 is 0 Å². The Kier molecular flexibility index (Phi) is 5.29. The van der Waals surface area contributed by atoms with E-state index in [1.54, 1.807) is 12.1 Å². The van der Waals surface area contributed by atoms with Gasteiger partial charge in [0.15, 0.2) is 0 Å². The Morgan fingerprint density at radius 1 is 1.40 bits per heavy atom. The third-order valence-electron chi connectivity index (χ3n) is 2.62. The number of halogens is 1. The predicted octanol–water partition coefficient (Wildman–Crippen LogP) is 1.90. The molecular formula is C12H19FN2.